The Hall–Kier alpha value is -0.570. The zero-order valence-electron chi connectivity index (χ0n) is 5.84. The molecule has 3 heteroatoms. The molecule has 1 amide bonds. The predicted molar refractivity (Wildman–Crippen MR) is 37.0 cm³/mol. The van der Waals surface area contributed by atoms with Crippen molar-refractivity contribution < 1.29 is 4.79 Å². The minimum atomic E-state index is 0.322. The molecule has 1 unspecified atom stereocenters. The van der Waals surface area contributed by atoms with Gasteiger partial charge in [0.15, 0.2) is 0 Å². The van der Waals surface area contributed by atoms with Crippen molar-refractivity contribution in [1.29, 1.82) is 0 Å². The summed E-state index contributed by atoms with van der Waals surface area (Å²) < 4.78 is 0. The van der Waals surface area contributed by atoms with E-state index >= 15 is 0 Å². The third kappa shape index (κ3) is 0.814. The maximum atomic E-state index is 11.1. The van der Waals surface area contributed by atoms with Crippen LogP contribution in [0.15, 0.2) is 0 Å². The molecule has 1 radical (unpaired) electrons. The van der Waals surface area contributed by atoms with E-state index in [2.05, 4.69) is 5.32 Å². The second kappa shape index (κ2) is 2.23. The molecule has 3 nitrogen and oxygen atoms in total. The number of nitrogens with one attached hydrogen (secondary N) is 1. The molecule has 1 N–H and O–H groups in total. The van der Waals surface area contributed by atoms with Gasteiger partial charge < -0.3 is 10.2 Å². The van der Waals surface area contributed by atoms with Crippen molar-refractivity contribution in [3.63, 3.8) is 0 Å². The third-order valence-electron chi connectivity index (χ3n) is 2.18. The molecule has 2 aliphatic heterocycles. The third-order valence-corrected chi connectivity index (χ3v) is 2.18. The van der Waals surface area contributed by atoms with Gasteiger partial charge in [0.25, 0.3) is 0 Å². The highest BCUT2D eigenvalue weighted by molar-refractivity contribution is 5.79. The number of hydrogen-bond donors (Lipinski definition) is 1. The van der Waals surface area contributed by atoms with Gasteiger partial charge in [0.05, 0.1) is 0 Å². The Kier molecular flexibility index (Phi) is 1.38. The second-order valence-corrected chi connectivity index (χ2v) is 2.81. The topological polar surface area (TPSA) is 32.3 Å². The van der Waals surface area contributed by atoms with Gasteiger partial charge in [-0.25, -0.2) is 0 Å². The van der Waals surface area contributed by atoms with Crippen molar-refractivity contribution in [2.45, 2.75) is 18.9 Å². The number of fused-ring (bicyclic) bond motifs is 1. The van der Waals surface area contributed by atoms with Gasteiger partial charge in [0.2, 0.25) is 5.91 Å². The standard InChI is InChI=1S/C7H11N2O/c10-7-2-1-6-5-8-3-4-9(6)7/h5-6,8H,1-4H2. The molecule has 0 bridgehead atoms. The zero-order valence-corrected chi connectivity index (χ0v) is 5.84. The number of nitrogens with zero attached hydrogens (tertiary/aromatic N) is 1. The van der Waals surface area contributed by atoms with E-state index in [1.54, 1.807) is 0 Å². The first-order chi connectivity index (χ1) is 4.88. The van der Waals surface area contributed by atoms with Gasteiger partial charge in [-0.3, -0.25) is 4.79 Å². The van der Waals surface area contributed by atoms with Crippen LogP contribution in [0.3, 0.4) is 0 Å². The first-order valence-electron chi connectivity index (χ1n) is 3.74. The molecule has 10 heavy (non-hydrogen) atoms. The van der Waals surface area contributed by atoms with Crippen LogP contribution >= 0.6 is 0 Å². The van der Waals surface area contributed by atoms with Gasteiger partial charge in [-0.05, 0) is 6.42 Å². The number of piperazine rings is 1. The summed E-state index contributed by atoms with van der Waals surface area (Å²) in [7, 11) is 0. The average Bonchev–Trinajstić information content (AvgIpc) is 2.34. The van der Waals surface area contributed by atoms with Crippen molar-refractivity contribution in [3.05, 3.63) is 6.54 Å². The number of carbonyl (C=O) groups is 1. The minimum absolute atomic E-state index is 0.322. The van der Waals surface area contributed by atoms with Gasteiger partial charge in [-0.2, -0.15) is 0 Å². The molecule has 0 aliphatic carbocycles. The molecule has 2 saturated heterocycles. The highest BCUT2D eigenvalue weighted by Crippen LogP contribution is 2.20. The van der Waals surface area contributed by atoms with Gasteiger partial charge in [-0.15, -0.1) is 0 Å². The van der Waals surface area contributed by atoms with Crippen LogP contribution in [0.4, 0.5) is 0 Å². The summed E-state index contributed by atoms with van der Waals surface area (Å²) in [5, 5.41) is 3.16. The molecule has 0 aromatic heterocycles. The average molecular weight is 139 g/mol. The summed E-state index contributed by atoms with van der Waals surface area (Å²) in [5.41, 5.74) is 0. The van der Waals surface area contributed by atoms with Gasteiger partial charge >= 0.3 is 0 Å². The molecule has 2 rings (SSSR count). The van der Waals surface area contributed by atoms with Crippen LogP contribution in [-0.2, 0) is 4.79 Å². The summed E-state index contributed by atoms with van der Waals surface area (Å²) in [6.45, 7) is 3.84. The lowest BCUT2D eigenvalue weighted by molar-refractivity contribution is -0.129. The van der Waals surface area contributed by atoms with Crippen LogP contribution in [0.1, 0.15) is 12.8 Å². The fourth-order valence-corrected chi connectivity index (χ4v) is 1.62. The highest BCUT2D eigenvalue weighted by Gasteiger charge is 2.32. The molecule has 0 saturated carbocycles. The quantitative estimate of drug-likeness (QED) is 0.501. The number of carbonyl (C=O) groups excluding carboxylic acids is 1. The van der Waals surface area contributed by atoms with E-state index in [4.69, 9.17) is 0 Å². The monoisotopic (exact) mass is 139 g/mol. The Bertz CT molecular complexity index is 158. The molecule has 1 atom stereocenters. The maximum Gasteiger partial charge on any atom is 0.222 e. The number of amides is 1. The van der Waals surface area contributed by atoms with Crippen LogP contribution in [-0.4, -0.2) is 29.9 Å². The van der Waals surface area contributed by atoms with Gasteiger partial charge in [0.1, 0.15) is 0 Å². The normalized spacial score (nSPS) is 32.6. The van der Waals surface area contributed by atoms with E-state index in [0.29, 0.717) is 11.9 Å². The van der Waals surface area contributed by atoms with Crippen LogP contribution in [0.2, 0.25) is 0 Å². The summed E-state index contributed by atoms with van der Waals surface area (Å²) in [6.07, 6.45) is 1.74. The number of rotatable bonds is 0. The Morgan fingerprint density at radius 3 is 3.40 bits per heavy atom. The highest BCUT2D eigenvalue weighted by atomic mass is 16.2. The van der Waals surface area contributed by atoms with Crippen molar-refractivity contribution in [1.82, 2.24) is 10.2 Å². The van der Waals surface area contributed by atoms with Crippen LogP contribution in [0.25, 0.3) is 0 Å². The van der Waals surface area contributed by atoms with Crippen LogP contribution < -0.4 is 5.32 Å². The van der Waals surface area contributed by atoms with Crippen molar-refractivity contribution >= 4 is 5.91 Å². The Balaban J connectivity index is 2.08. The molecule has 2 aliphatic rings. The molecular weight excluding hydrogens is 128 g/mol. The van der Waals surface area contributed by atoms with Crippen LogP contribution in [0.5, 0.6) is 0 Å². The van der Waals surface area contributed by atoms with Crippen molar-refractivity contribution in [3.8, 4) is 0 Å². The fourth-order valence-electron chi connectivity index (χ4n) is 1.62. The Morgan fingerprint density at radius 2 is 2.60 bits per heavy atom. The Morgan fingerprint density at radius 1 is 1.70 bits per heavy atom. The lowest BCUT2D eigenvalue weighted by atomic mass is 10.2. The zero-order chi connectivity index (χ0) is 6.97. The van der Waals surface area contributed by atoms with Gasteiger partial charge in [0, 0.05) is 32.1 Å². The summed E-state index contributed by atoms with van der Waals surface area (Å²) in [4.78, 5) is 13.0. The first-order valence-corrected chi connectivity index (χ1v) is 3.74. The molecule has 2 fully saturated rings. The van der Waals surface area contributed by atoms with E-state index in [9.17, 15) is 4.79 Å². The lowest BCUT2D eigenvalue weighted by Crippen LogP contribution is -2.46. The molecule has 0 aromatic rings. The fraction of sp³-hybridized carbons (Fsp3) is 0.714. The van der Waals surface area contributed by atoms with Crippen LogP contribution in [0, 0.1) is 6.54 Å². The van der Waals surface area contributed by atoms with E-state index in [1.807, 2.05) is 11.4 Å². The smallest absolute Gasteiger partial charge is 0.222 e. The van der Waals surface area contributed by atoms with E-state index in [-0.39, 0.29) is 0 Å². The van der Waals surface area contributed by atoms with E-state index in [1.165, 1.54) is 0 Å². The van der Waals surface area contributed by atoms with Gasteiger partial charge in [-0.1, -0.05) is 0 Å². The SMILES string of the molecule is O=C1CCC2[CH]NCCN12. The predicted octanol–water partition coefficient (Wildman–Crippen LogP) is -0.258. The van der Waals surface area contributed by atoms with Crippen molar-refractivity contribution in [2.75, 3.05) is 13.1 Å². The van der Waals surface area contributed by atoms with Crippen molar-refractivity contribution in [2.24, 2.45) is 0 Å². The number of hydrogen-bond acceptors (Lipinski definition) is 2. The molecule has 55 valence electrons. The summed E-state index contributed by atoms with van der Waals surface area (Å²) in [6, 6.07) is 0.390. The van der Waals surface area contributed by atoms with E-state index < -0.39 is 0 Å². The summed E-state index contributed by atoms with van der Waals surface area (Å²) in [5.74, 6) is 0.322. The molecular formula is C7H11N2O. The molecule has 0 spiro atoms. The lowest BCUT2D eigenvalue weighted by Gasteiger charge is -2.29. The summed E-state index contributed by atoms with van der Waals surface area (Å²) >= 11 is 0. The largest absolute Gasteiger partial charge is 0.337 e. The maximum absolute atomic E-state index is 11.1. The minimum Gasteiger partial charge on any atom is -0.337 e. The molecule has 2 heterocycles. The molecule has 0 aromatic carbocycles. The first kappa shape index (κ1) is 6.16. The van der Waals surface area contributed by atoms with E-state index in [0.717, 1.165) is 25.9 Å². The Labute approximate surface area is 60.4 Å². The second-order valence-electron chi connectivity index (χ2n) is 2.81.